The van der Waals surface area contributed by atoms with Gasteiger partial charge in [0, 0.05) is 4.88 Å². The van der Waals surface area contributed by atoms with Crippen LogP contribution in [0.3, 0.4) is 0 Å². The number of hydrogen-bond acceptors (Lipinski definition) is 4. The van der Waals surface area contributed by atoms with E-state index in [-0.39, 0.29) is 6.04 Å². The Balaban J connectivity index is 1.89. The fourth-order valence-corrected chi connectivity index (χ4v) is 3.57. The summed E-state index contributed by atoms with van der Waals surface area (Å²) in [5.41, 5.74) is 3.09. The van der Waals surface area contributed by atoms with Crippen LogP contribution < -0.4 is 4.74 Å². The van der Waals surface area contributed by atoms with E-state index in [1.165, 1.54) is 4.88 Å². The average Bonchev–Trinajstić information content (AvgIpc) is 3.27. The van der Waals surface area contributed by atoms with Gasteiger partial charge in [0.25, 0.3) is 0 Å². The van der Waals surface area contributed by atoms with Gasteiger partial charge in [-0.1, -0.05) is 35.5 Å². The van der Waals surface area contributed by atoms with Crippen molar-refractivity contribution in [2.45, 2.75) is 6.04 Å². The van der Waals surface area contributed by atoms with Crippen molar-refractivity contribution in [3.63, 3.8) is 0 Å². The van der Waals surface area contributed by atoms with Crippen molar-refractivity contribution in [2.75, 3.05) is 7.11 Å². The number of aromatic nitrogens is 3. The first-order valence-electron chi connectivity index (χ1n) is 7.34. The molecule has 0 radical (unpaired) electrons. The van der Waals surface area contributed by atoms with Gasteiger partial charge < -0.3 is 4.74 Å². The molecule has 0 fully saturated rings. The lowest BCUT2D eigenvalue weighted by Crippen LogP contribution is -2.12. The number of rotatable bonds is 4. The second-order valence-electron chi connectivity index (χ2n) is 5.21. The quantitative estimate of drug-likeness (QED) is 0.567. The molecule has 1 unspecified atom stereocenters. The van der Waals surface area contributed by atoms with Crippen LogP contribution in [0.4, 0.5) is 0 Å². The first kappa shape index (κ1) is 14.0. The lowest BCUT2D eigenvalue weighted by molar-refractivity contribution is 0.414. The van der Waals surface area contributed by atoms with Crippen LogP contribution in [0.15, 0.2) is 66.0 Å². The van der Waals surface area contributed by atoms with E-state index in [1.54, 1.807) is 18.4 Å². The third-order valence-corrected chi connectivity index (χ3v) is 4.79. The molecular formula is C18H15N3OS. The largest absolute Gasteiger partial charge is 0.497 e. The van der Waals surface area contributed by atoms with E-state index in [9.17, 15) is 0 Å². The average molecular weight is 321 g/mol. The molecule has 2 heterocycles. The van der Waals surface area contributed by atoms with E-state index in [0.29, 0.717) is 0 Å². The summed E-state index contributed by atoms with van der Waals surface area (Å²) < 4.78 is 7.26. The summed E-state index contributed by atoms with van der Waals surface area (Å²) in [4.78, 5) is 1.23. The maximum Gasteiger partial charge on any atom is 0.118 e. The van der Waals surface area contributed by atoms with E-state index >= 15 is 0 Å². The van der Waals surface area contributed by atoms with Crippen molar-refractivity contribution >= 4 is 22.4 Å². The van der Waals surface area contributed by atoms with E-state index in [1.807, 2.05) is 35.0 Å². The minimum absolute atomic E-state index is 0.00769. The Kier molecular flexibility index (Phi) is 3.55. The molecule has 0 aliphatic rings. The molecule has 0 aliphatic carbocycles. The van der Waals surface area contributed by atoms with Crippen LogP contribution in [0.1, 0.15) is 16.5 Å². The second-order valence-corrected chi connectivity index (χ2v) is 6.19. The molecular weight excluding hydrogens is 306 g/mol. The van der Waals surface area contributed by atoms with E-state index in [0.717, 1.165) is 22.3 Å². The highest BCUT2D eigenvalue weighted by atomic mass is 32.1. The van der Waals surface area contributed by atoms with Crippen LogP contribution >= 0.6 is 11.3 Å². The molecule has 2 aromatic carbocycles. The number of methoxy groups -OCH3 is 1. The number of benzene rings is 2. The van der Waals surface area contributed by atoms with Gasteiger partial charge in [-0.3, -0.25) is 0 Å². The highest BCUT2D eigenvalue weighted by Gasteiger charge is 2.21. The predicted molar refractivity (Wildman–Crippen MR) is 92.1 cm³/mol. The first-order chi connectivity index (χ1) is 11.4. The van der Waals surface area contributed by atoms with E-state index < -0.39 is 0 Å². The van der Waals surface area contributed by atoms with Crippen LogP contribution in [-0.2, 0) is 0 Å². The predicted octanol–water partition coefficient (Wildman–Crippen LogP) is 4.14. The zero-order valence-corrected chi connectivity index (χ0v) is 13.4. The third kappa shape index (κ3) is 2.49. The van der Waals surface area contributed by atoms with Crippen molar-refractivity contribution < 1.29 is 4.74 Å². The minimum Gasteiger partial charge on any atom is -0.497 e. The molecule has 23 heavy (non-hydrogen) atoms. The van der Waals surface area contributed by atoms with E-state index in [2.05, 4.69) is 46.0 Å². The number of thiophene rings is 1. The topological polar surface area (TPSA) is 39.9 Å². The molecule has 4 rings (SSSR count). The number of nitrogens with zero attached hydrogens (tertiary/aromatic N) is 3. The Labute approximate surface area is 138 Å². The van der Waals surface area contributed by atoms with Gasteiger partial charge in [0.2, 0.25) is 0 Å². The van der Waals surface area contributed by atoms with Gasteiger partial charge in [-0.25, -0.2) is 4.68 Å². The van der Waals surface area contributed by atoms with Crippen molar-refractivity contribution in [1.29, 1.82) is 0 Å². The van der Waals surface area contributed by atoms with Crippen molar-refractivity contribution in [3.05, 3.63) is 76.5 Å². The molecule has 0 spiro atoms. The number of ether oxygens (including phenoxy) is 1. The molecule has 0 N–H and O–H groups in total. The summed E-state index contributed by atoms with van der Waals surface area (Å²) in [6.07, 6.45) is 0. The maximum absolute atomic E-state index is 5.27. The van der Waals surface area contributed by atoms with Crippen molar-refractivity contribution in [3.8, 4) is 5.75 Å². The molecule has 0 amide bonds. The van der Waals surface area contributed by atoms with Gasteiger partial charge in [-0.05, 0) is 41.3 Å². The number of hydrogen-bond donors (Lipinski definition) is 0. The SMILES string of the molecule is COc1ccc(C(c2cccs2)n2nnc3ccccc32)cc1. The lowest BCUT2D eigenvalue weighted by Gasteiger charge is -2.17. The zero-order valence-electron chi connectivity index (χ0n) is 12.6. The molecule has 0 aliphatic heterocycles. The van der Waals surface area contributed by atoms with Gasteiger partial charge in [0.15, 0.2) is 0 Å². The lowest BCUT2D eigenvalue weighted by atomic mass is 10.0. The van der Waals surface area contributed by atoms with Gasteiger partial charge in [0.1, 0.15) is 17.3 Å². The summed E-state index contributed by atoms with van der Waals surface area (Å²) in [6.45, 7) is 0. The number of para-hydroxylation sites is 1. The van der Waals surface area contributed by atoms with Crippen LogP contribution in [0.2, 0.25) is 0 Å². The fraction of sp³-hybridized carbons (Fsp3) is 0.111. The monoisotopic (exact) mass is 321 g/mol. The van der Waals surface area contributed by atoms with Crippen LogP contribution in [-0.4, -0.2) is 22.1 Å². The van der Waals surface area contributed by atoms with Crippen LogP contribution in [0.5, 0.6) is 5.75 Å². The molecule has 0 bridgehead atoms. The Morgan fingerprint density at radius 3 is 2.57 bits per heavy atom. The number of fused-ring (bicyclic) bond motifs is 1. The van der Waals surface area contributed by atoms with Gasteiger partial charge >= 0.3 is 0 Å². The second kappa shape index (κ2) is 5.85. The Morgan fingerprint density at radius 2 is 1.83 bits per heavy atom. The smallest absolute Gasteiger partial charge is 0.118 e. The molecule has 1 atom stereocenters. The summed E-state index contributed by atoms with van der Waals surface area (Å²) in [6, 6.07) is 20.4. The molecule has 4 nitrogen and oxygen atoms in total. The molecule has 0 saturated heterocycles. The Bertz CT molecular complexity index is 913. The van der Waals surface area contributed by atoms with Gasteiger partial charge in [-0.15, -0.1) is 16.4 Å². The summed E-state index contributed by atoms with van der Waals surface area (Å²) in [5, 5.41) is 10.8. The van der Waals surface area contributed by atoms with Crippen molar-refractivity contribution in [1.82, 2.24) is 15.0 Å². The molecule has 2 aromatic heterocycles. The van der Waals surface area contributed by atoms with Gasteiger partial charge in [-0.2, -0.15) is 0 Å². The molecule has 5 heteroatoms. The summed E-state index contributed by atoms with van der Waals surface area (Å²) in [5.74, 6) is 0.849. The Hall–Kier alpha value is -2.66. The molecule has 114 valence electrons. The third-order valence-electron chi connectivity index (χ3n) is 3.87. The standard InChI is InChI=1S/C18H15N3OS/c1-22-14-10-8-13(9-11-14)18(17-7-4-12-23-17)21-16-6-3-2-5-15(16)19-20-21/h2-12,18H,1H3. The fourth-order valence-electron chi connectivity index (χ4n) is 2.74. The van der Waals surface area contributed by atoms with Crippen molar-refractivity contribution in [2.24, 2.45) is 0 Å². The highest BCUT2D eigenvalue weighted by molar-refractivity contribution is 7.10. The van der Waals surface area contributed by atoms with Gasteiger partial charge in [0.05, 0.1) is 12.6 Å². The summed E-state index contributed by atoms with van der Waals surface area (Å²) >= 11 is 1.72. The van der Waals surface area contributed by atoms with Crippen LogP contribution in [0.25, 0.3) is 11.0 Å². The zero-order chi connectivity index (χ0) is 15.6. The van der Waals surface area contributed by atoms with E-state index in [4.69, 9.17) is 4.74 Å². The maximum atomic E-state index is 5.27. The molecule has 4 aromatic rings. The van der Waals surface area contributed by atoms with Crippen LogP contribution in [0, 0.1) is 0 Å². The minimum atomic E-state index is 0.00769. The highest BCUT2D eigenvalue weighted by Crippen LogP contribution is 2.32. The normalized spacial score (nSPS) is 12.4. The first-order valence-corrected chi connectivity index (χ1v) is 8.22. The molecule has 0 saturated carbocycles. The Morgan fingerprint density at radius 1 is 1.00 bits per heavy atom. The summed E-state index contributed by atoms with van der Waals surface area (Å²) in [7, 11) is 1.68.